The standard InChI is InChI=1S/C34H27N5O12S3.3Na/c1-2-51-28-13-19(7-12-27(28)37-39-32-29(53(45,46)47)14-21-3-8-22(35)16-26(21)33(32)40)18-4-9-23(10-5-18)36-38-31-25-17-24(52(42,43)44)11-6-20(25)15-30(34(31)41)54(48,49)50;;;/h3-17,40-41H,2,35H2,1H3,(H,42,43,44)(H,45,46,47)(H,48,49,50);;;/q;3*+1/p-3. The van der Waals surface area contributed by atoms with Crippen LogP contribution in [-0.2, 0) is 30.4 Å². The Morgan fingerprint density at radius 1 is 0.632 bits per heavy atom. The van der Waals surface area contributed by atoms with E-state index in [0.717, 1.165) is 30.3 Å². The van der Waals surface area contributed by atoms with Gasteiger partial charge in [-0.3, -0.25) is 9.11 Å². The largest absolute Gasteiger partial charge is 1.00 e. The normalized spacial score (nSPS) is 12.0. The predicted octanol–water partition coefficient (Wildman–Crippen LogP) is -2.97. The molecule has 23 heteroatoms. The average molecular weight is 860 g/mol. The fraction of sp³-hybridized carbons (Fsp3) is 0.0588. The van der Waals surface area contributed by atoms with E-state index in [1.54, 1.807) is 31.2 Å². The first-order valence-electron chi connectivity index (χ1n) is 15.3. The second-order valence-electron chi connectivity index (χ2n) is 11.4. The summed E-state index contributed by atoms with van der Waals surface area (Å²) in [5, 5.41) is 42.2. The topological polar surface area (TPSA) is 297 Å². The van der Waals surface area contributed by atoms with Gasteiger partial charge in [-0.05, 0) is 94.9 Å². The van der Waals surface area contributed by atoms with Gasteiger partial charge < -0.3 is 25.2 Å². The van der Waals surface area contributed by atoms with Crippen molar-refractivity contribution in [2.24, 2.45) is 20.5 Å². The fourth-order valence-corrected chi connectivity index (χ4v) is 7.13. The summed E-state index contributed by atoms with van der Waals surface area (Å²) in [6.45, 7) is 1.89. The number of nitrogens with zero attached hydrogens (tertiary/aromatic N) is 4. The van der Waals surface area contributed by atoms with Gasteiger partial charge in [0.2, 0.25) is 0 Å². The van der Waals surface area contributed by atoms with Crippen molar-refractivity contribution in [3.05, 3.63) is 91.0 Å². The number of anilines is 1. The van der Waals surface area contributed by atoms with Crippen molar-refractivity contribution < 1.29 is 143 Å². The molecule has 0 unspecified atom stereocenters. The Balaban J connectivity index is 0.00000290. The van der Waals surface area contributed by atoms with Gasteiger partial charge in [-0.2, -0.15) is 27.1 Å². The number of ether oxygens (including phenoxy) is 1. The van der Waals surface area contributed by atoms with Gasteiger partial charge in [0.25, 0.3) is 20.2 Å². The number of nitrogen functional groups attached to an aromatic ring is 1. The zero-order chi connectivity index (χ0) is 39.2. The van der Waals surface area contributed by atoms with Crippen molar-refractivity contribution >= 4 is 80.3 Å². The Bertz CT molecular complexity index is 2920. The minimum absolute atomic E-state index is 0. The predicted molar refractivity (Wildman–Crippen MR) is 190 cm³/mol. The Hall–Kier alpha value is -3.03. The number of nitrogens with two attached hydrogens (primary N) is 1. The molecule has 6 aromatic carbocycles. The molecule has 4 N–H and O–H groups in total. The number of benzene rings is 6. The van der Waals surface area contributed by atoms with Crippen LogP contribution in [0.25, 0.3) is 32.7 Å². The Morgan fingerprint density at radius 2 is 1.21 bits per heavy atom. The first kappa shape index (κ1) is 48.3. The van der Waals surface area contributed by atoms with Crippen LogP contribution < -0.4 is 109 Å². The van der Waals surface area contributed by atoms with Crippen molar-refractivity contribution in [3.8, 4) is 28.4 Å². The van der Waals surface area contributed by atoms with E-state index in [0.29, 0.717) is 11.1 Å². The van der Waals surface area contributed by atoms with Crippen LogP contribution in [0.1, 0.15) is 6.92 Å². The van der Waals surface area contributed by atoms with Crippen LogP contribution in [0.3, 0.4) is 0 Å². The molecular weight excluding hydrogens is 836 g/mol. The first-order chi connectivity index (χ1) is 25.3. The average Bonchev–Trinajstić information content (AvgIpc) is 3.10. The number of fused-ring (bicyclic) bond motifs is 2. The first-order valence-corrected chi connectivity index (χ1v) is 19.6. The van der Waals surface area contributed by atoms with Crippen LogP contribution >= 0.6 is 0 Å². The molecule has 0 radical (unpaired) electrons. The van der Waals surface area contributed by atoms with Crippen molar-refractivity contribution in [1.82, 2.24) is 0 Å². The zero-order valence-corrected chi connectivity index (χ0v) is 38.9. The van der Waals surface area contributed by atoms with E-state index >= 15 is 0 Å². The monoisotopic (exact) mass is 859 g/mol. The third-order valence-electron chi connectivity index (χ3n) is 7.89. The minimum atomic E-state index is -5.02. The quantitative estimate of drug-likeness (QED) is 0.0537. The molecule has 0 aliphatic rings. The number of hydrogen-bond acceptors (Lipinski definition) is 15. The molecule has 0 aliphatic heterocycles. The molecule has 0 bridgehead atoms. The third kappa shape index (κ3) is 10.8. The molecule has 0 spiro atoms. The Labute approximate surface area is 392 Å². The molecule has 6 aromatic rings. The van der Waals surface area contributed by atoms with Gasteiger partial charge in [0.15, 0.2) is 0 Å². The van der Waals surface area contributed by atoms with Gasteiger partial charge >= 0.3 is 88.7 Å². The second kappa shape index (κ2) is 18.9. The molecule has 0 amide bonds. The van der Waals surface area contributed by atoms with Gasteiger partial charge in [0, 0.05) is 11.1 Å². The maximum absolute atomic E-state index is 13.2. The van der Waals surface area contributed by atoms with Crippen LogP contribution in [0.2, 0.25) is 0 Å². The summed E-state index contributed by atoms with van der Waals surface area (Å²) in [7, 11) is -14.9. The molecule has 6 rings (SSSR count). The van der Waals surface area contributed by atoms with Crippen LogP contribution in [0.15, 0.2) is 126 Å². The van der Waals surface area contributed by atoms with E-state index in [1.807, 2.05) is 0 Å². The molecular formula is C34H24N5Na3O12S3. The van der Waals surface area contributed by atoms with Crippen molar-refractivity contribution in [3.63, 3.8) is 0 Å². The van der Waals surface area contributed by atoms with E-state index in [4.69, 9.17) is 10.5 Å². The van der Waals surface area contributed by atoms with Gasteiger partial charge in [0.1, 0.15) is 26.5 Å². The van der Waals surface area contributed by atoms with E-state index in [1.165, 1.54) is 36.4 Å². The summed E-state index contributed by atoms with van der Waals surface area (Å²) in [6, 6.07) is 19.9. The minimum Gasteiger partial charge on any atom is -0.871 e. The van der Waals surface area contributed by atoms with Crippen LogP contribution in [0.5, 0.6) is 17.2 Å². The molecule has 0 saturated heterocycles. The summed E-state index contributed by atoms with van der Waals surface area (Å²) in [4.78, 5) is -2.47. The number of hydrogen-bond donors (Lipinski definition) is 3. The summed E-state index contributed by atoms with van der Waals surface area (Å²) in [5.41, 5.74) is 6.24. The van der Waals surface area contributed by atoms with E-state index in [2.05, 4.69) is 20.5 Å². The second-order valence-corrected chi connectivity index (χ2v) is 15.6. The third-order valence-corrected chi connectivity index (χ3v) is 10.4. The van der Waals surface area contributed by atoms with E-state index < -0.39 is 67.9 Å². The molecule has 0 saturated carbocycles. The zero-order valence-electron chi connectivity index (χ0n) is 30.4. The molecule has 0 aromatic heterocycles. The van der Waals surface area contributed by atoms with E-state index in [9.17, 15) is 49.1 Å². The molecule has 57 heavy (non-hydrogen) atoms. The Kier molecular flexibility index (Phi) is 16.0. The van der Waals surface area contributed by atoms with Gasteiger partial charge in [-0.1, -0.05) is 41.8 Å². The smallest absolute Gasteiger partial charge is 0.871 e. The van der Waals surface area contributed by atoms with Gasteiger partial charge in [-0.15, -0.1) is 10.2 Å². The summed E-state index contributed by atoms with van der Waals surface area (Å²) < 4.78 is 108. The maximum atomic E-state index is 13.2. The van der Waals surface area contributed by atoms with Gasteiger partial charge in [0.05, 0.1) is 33.5 Å². The van der Waals surface area contributed by atoms with Crippen LogP contribution in [0.4, 0.5) is 28.4 Å². The van der Waals surface area contributed by atoms with Crippen molar-refractivity contribution in [1.29, 1.82) is 0 Å². The number of azo groups is 2. The molecule has 0 aliphatic carbocycles. The van der Waals surface area contributed by atoms with Crippen molar-refractivity contribution in [2.45, 2.75) is 21.6 Å². The molecule has 0 fully saturated rings. The van der Waals surface area contributed by atoms with Crippen LogP contribution in [0, 0.1) is 0 Å². The summed E-state index contributed by atoms with van der Waals surface area (Å²) >= 11 is 0. The molecule has 0 atom stereocenters. The molecule has 0 heterocycles. The SMILES string of the molecule is CCOc1cc(-c2ccc(N=Nc3c([O-])c(S(=O)(=O)O)cc4ccc(S(=O)(=O)[O-])cc34)cc2)ccc1N=Nc1c(S(=O)(=O)O)cc2ccc(N)cc2c1[O-].[Na+].[Na+].[Na+]. The number of rotatable bonds is 10. The molecule has 278 valence electrons. The summed E-state index contributed by atoms with van der Waals surface area (Å²) in [6.07, 6.45) is 0. The maximum Gasteiger partial charge on any atom is 1.00 e. The molecule has 17 nitrogen and oxygen atoms in total. The summed E-state index contributed by atoms with van der Waals surface area (Å²) in [5.74, 6) is -1.91. The van der Waals surface area contributed by atoms with Crippen LogP contribution in [-0.4, -0.2) is 45.5 Å². The Morgan fingerprint density at radius 3 is 1.82 bits per heavy atom. The van der Waals surface area contributed by atoms with E-state index in [-0.39, 0.29) is 140 Å². The van der Waals surface area contributed by atoms with Gasteiger partial charge in [-0.25, -0.2) is 8.42 Å². The fourth-order valence-electron chi connectivity index (χ4n) is 5.37. The van der Waals surface area contributed by atoms with Crippen molar-refractivity contribution in [2.75, 3.05) is 12.3 Å².